The highest BCUT2D eigenvalue weighted by Gasteiger charge is 2.49. The van der Waals surface area contributed by atoms with Gasteiger partial charge in [0.2, 0.25) is 0 Å². The Morgan fingerprint density at radius 3 is 1.78 bits per heavy atom. The lowest BCUT2D eigenvalue weighted by atomic mass is 9.77. The highest BCUT2D eigenvalue weighted by molar-refractivity contribution is 5.64. The minimum atomic E-state index is -5.85. The predicted octanol–water partition coefficient (Wildman–Crippen LogP) is 10.4. The summed E-state index contributed by atoms with van der Waals surface area (Å²) in [4.78, 5) is 0. The molecule has 10 heteroatoms. The molecule has 0 heterocycles. The van der Waals surface area contributed by atoms with Crippen LogP contribution in [-0.2, 0) is 23.7 Å². The van der Waals surface area contributed by atoms with Crippen molar-refractivity contribution in [1.29, 1.82) is 0 Å². The first-order chi connectivity index (χ1) is 19.3. The molecule has 0 N–H and O–H groups in total. The van der Waals surface area contributed by atoms with Gasteiger partial charge in [-0.1, -0.05) is 44.0 Å². The summed E-state index contributed by atoms with van der Waals surface area (Å²) in [5.41, 5.74) is -0.779. The Morgan fingerprint density at radius 1 is 0.707 bits per heavy atom. The highest BCUT2D eigenvalue weighted by Crippen LogP contribution is 2.40. The van der Waals surface area contributed by atoms with Crippen LogP contribution in [0.2, 0.25) is 0 Å². The number of halogens is 9. The summed E-state index contributed by atoms with van der Waals surface area (Å²) in [6.45, 7) is 2.19. The van der Waals surface area contributed by atoms with Crippen molar-refractivity contribution in [2.24, 2.45) is 5.92 Å². The first-order valence-electron chi connectivity index (χ1n) is 13.5. The normalized spacial score (nSPS) is 18.1. The fourth-order valence-corrected chi connectivity index (χ4v) is 5.66. The number of rotatable bonds is 9. The molecule has 0 spiro atoms. The molecule has 3 aromatic carbocycles. The maximum Gasteiger partial charge on any atom is 0.527 e. The monoisotopic (exact) mass is 588 g/mol. The van der Waals surface area contributed by atoms with Gasteiger partial charge in [-0.25, -0.2) is 22.3 Å². The van der Waals surface area contributed by atoms with Crippen LogP contribution in [-0.4, -0.2) is 6.36 Å². The predicted molar refractivity (Wildman–Crippen MR) is 136 cm³/mol. The molecular formula is C31H29F9O. The van der Waals surface area contributed by atoms with Crippen LogP contribution < -0.4 is 0 Å². The summed E-state index contributed by atoms with van der Waals surface area (Å²) >= 11 is 0. The van der Waals surface area contributed by atoms with Gasteiger partial charge in [-0.05, 0) is 96.9 Å². The van der Waals surface area contributed by atoms with Gasteiger partial charge in [0, 0.05) is 5.56 Å². The average molecular weight is 589 g/mol. The van der Waals surface area contributed by atoms with Crippen molar-refractivity contribution < 1.29 is 44.3 Å². The number of benzene rings is 3. The van der Waals surface area contributed by atoms with E-state index in [2.05, 4.69) is 11.7 Å². The number of hydrogen-bond acceptors (Lipinski definition) is 1. The van der Waals surface area contributed by atoms with Gasteiger partial charge in [0.1, 0.15) is 28.8 Å². The lowest BCUT2D eigenvalue weighted by Gasteiger charge is -2.28. The first kappa shape index (κ1) is 30.9. The minimum Gasteiger partial charge on any atom is -0.222 e. The summed E-state index contributed by atoms with van der Waals surface area (Å²) in [7, 11) is 0. The van der Waals surface area contributed by atoms with E-state index in [0.29, 0.717) is 29.2 Å². The zero-order valence-electron chi connectivity index (χ0n) is 22.2. The molecule has 41 heavy (non-hydrogen) atoms. The second kappa shape index (κ2) is 12.5. The maximum atomic E-state index is 14.9. The lowest BCUT2D eigenvalue weighted by Crippen LogP contribution is -2.29. The highest BCUT2D eigenvalue weighted by atomic mass is 19.4. The average Bonchev–Trinajstić information content (AvgIpc) is 2.87. The van der Waals surface area contributed by atoms with E-state index in [-0.39, 0.29) is 24.0 Å². The Bertz CT molecular complexity index is 1290. The third-order valence-electron chi connectivity index (χ3n) is 7.70. The molecule has 0 radical (unpaired) electrons. The van der Waals surface area contributed by atoms with Crippen LogP contribution in [0, 0.1) is 29.2 Å². The SMILES string of the molecule is CCCC1CCC(c2ccc(-c3cc(F)c(CCc4cc(F)c(C(F)(F)OC(F)(F)F)c(F)c4)c(F)c3)cc2)CC1. The van der Waals surface area contributed by atoms with E-state index in [1.54, 1.807) is 0 Å². The lowest BCUT2D eigenvalue weighted by molar-refractivity contribution is -0.432. The van der Waals surface area contributed by atoms with Crippen LogP contribution in [0.3, 0.4) is 0 Å². The standard InChI is InChI=1S/C31H29F9O/c1-2-3-18-4-7-20(8-5-18)21-9-11-22(12-10-21)23-16-25(32)24(26(33)17-23)13-6-19-14-27(34)29(28(35)15-19)30(36,37)41-31(38,39)40/h9-12,14-18,20H,2-8,13H2,1H3. The summed E-state index contributed by atoms with van der Waals surface area (Å²) in [6.07, 6.45) is -4.87. The minimum absolute atomic E-state index is 0.284. The molecular weight excluding hydrogens is 559 g/mol. The van der Waals surface area contributed by atoms with Crippen LogP contribution in [0.4, 0.5) is 39.5 Å². The van der Waals surface area contributed by atoms with Gasteiger partial charge in [0.25, 0.3) is 0 Å². The van der Waals surface area contributed by atoms with E-state index in [1.165, 1.54) is 31.2 Å². The van der Waals surface area contributed by atoms with Gasteiger partial charge < -0.3 is 0 Å². The Morgan fingerprint density at radius 2 is 1.27 bits per heavy atom. The van der Waals surface area contributed by atoms with E-state index in [4.69, 9.17) is 0 Å². The molecule has 0 aromatic heterocycles. The third-order valence-corrected chi connectivity index (χ3v) is 7.70. The number of aryl methyl sites for hydroxylation is 1. The molecule has 1 nitrogen and oxygen atoms in total. The van der Waals surface area contributed by atoms with Gasteiger partial charge >= 0.3 is 12.5 Å². The first-order valence-corrected chi connectivity index (χ1v) is 13.5. The van der Waals surface area contributed by atoms with E-state index in [0.717, 1.165) is 30.9 Å². The summed E-state index contributed by atoms with van der Waals surface area (Å²) < 4.78 is 125. The second-order valence-electron chi connectivity index (χ2n) is 10.5. The van der Waals surface area contributed by atoms with Crippen molar-refractivity contribution in [3.05, 3.63) is 94.1 Å². The van der Waals surface area contributed by atoms with Crippen molar-refractivity contribution in [3.8, 4) is 11.1 Å². The van der Waals surface area contributed by atoms with Crippen LogP contribution >= 0.6 is 0 Å². The smallest absolute Gasteiger partial charge is 0.222 e. The molecule has 1 saturated carbocycles. The molecule has 0 bridgehead atoms. The summed E-state index contributed by atoms with van der Waals surface area (Å²) in [6, 6.07) is 10.6. The van der Waals surface area contributed by atoms with Crippen molar-refractivity contribution in [2.75, 3.05) is 0 Å². The molecule has 1 fully saturated rings. The summed E-state index contributed by atoms with van der Waals surface area (Å²) in [5, 5.41) is 0. The zero-order chi connectivity index (χ0) is 29.9. The van der Waals surface area contributed by atoms with Gasteiger partial charge in [-0.2, -0.15) is 8.78 Å². The van der Waals surface area contributed by atoms with Crippen LogP contribution in [0.15, 0.2) is 48.5 Å². The zero-order valence-corrected chi connectivity index (χ0v) is 22.2. The van der Waals surface area contributed by atoms with E-state index in [1.807, 2.05) is 24.3 Å². The van der Waals surface area contributed by atoms with Gasteiger partial charge in [0.05, 0.1) is 0 Å². The van der Waals surface area contributed by atoms with Crippen molar-refractivity contribution in [2.45, 2.75) is 76.7 Å². The molecule has 4 rings (SSSR count). The van der Waals surface area contributed by atoms with Crippen molar-refractivity contribution in [1.82, 2.24) is 0 Å². The van der Waals surface area contributed by atoms with Crippen LogP contribution in [0.5, 0.6) is 0 Å². The molecule has 0 aliphatic heterocycles. The van der Waals surface area contributed by atoms with Gasteiger partial charge in [0.15, 0.2) is 0 Å². The molecule has 1 aliphatic carbocycles. The molecule has 3 aromatic rings. The molecule has 222 valence electrons. The Kier molecular flexibility index (Phi) is 9.41. The van der Waals surface area contributed by atoms with Gasteiger partial charge in [-0.15, -0.1) is 13.2 Å². The van der Waals surface area contributed by atoms with Gasteiger partial charge in [-0.3, -0.25) is 0 Å². The fraction of sp³-hybridized carbons (Fsp3) is 0.419. The van der Waals surface area contributed by atoms with E-state index < -0.39 is 41.3 Å². The number of alkyl halides is 5. The Balaban J connectivity index is 1.44. The van der Waals surface area contributed by atoms with Crippen LogP contribution in [0.25, 0.3) is 11.1 Å². The molecule has 0 unspecified atom stereocenters. The topological polar surface area (TPSA) is 9.23 Å². The Labute approximate surface area is 232 Å². The molecule has 0 saturated heterocycles. The Hall–Kier alpha value is -3.01. The molecule has 1 aliphatic rings. The fourth-order valence-electron chi connectivity index (χ4n) is 5.66. The quantitative estimate of drug-likeness (QED) is 0.226. The maximum absolute atomic E-state index is 14.9. The van der Waals surface area contributed by atoms with Crippen molar-refractivity contribution >= 4 is 0 Å². The van der Waals surface area contributed by atoms with E-state index >= 15 is 0 Å². The van der Waals surface area contributed by atoms with Crippen molar-refractivity contribution in [3.63, 3.8) is 0 Å². The number of ether oxygens (including phenoxy) is 1. The molecule has 0 atom stereocenters. The largest absolute Gasteiger partial charge is 0.527 e. The summed E-state index contributed by atoms with van der Waals surface area (Å²) in [5.74, 6) is -4.53. The van der Waals surface area contributed by atoms with Crippen LogP contribution in [0.1, 0.15) is 73.6 Å². The number of hydrogen-bond donors (Lipinski definition) is 0. The third kappa shape index (κ3) is 7.64. The second-order valence-corrected chi connectivity index (χ2v) is 10.5. The molecule has 0 amide bonds. The van der Waals surface area contributed by atoms with E-state index in [9.17, 15) is 39.5 Å².